The Kier molecular flexibility index (Phi) is 5.11. The Morgan fingerprint density at radius 2 is 2.04 bits per heavy atom. The van der Waals surface area contributed by atoms with E-state index in [0.717, 1.165) is 29.0 Å². The normalized spacial score (nSPS) is 13.4. The van der Waals surface area contributed by atoms with Crippen LogP contribution in [0.4, 0.5) is 0 Å². The van der Waals surface area contributed by atoms with E-state index in [9.17, 15) is 4.79 Å². The number of carbonyl (C=O) groups excluding carboxylic acids is 1. The molecule has 1 amide bonds. The minimum atomic E-state index is 0.0721. The molecule has 6 heteroatoms. The fourth-order valence-electron chi connectivity index (χ4n) is 3.53. The van der Waals surface area contributed by atoms with Gasteiger partial charge in [0.2, 0.25) is 5.91 Å². The number of aromatic nitrogens is 3. The number of fused-ring (bicyclic) bond motifs is 1. The van der Waals surface area contributed by atoms with Crippen molar-refractivity contribution in [1.82, 2.24) is 20.1 Å². The van der Waals surface area contributed by atoms with Crippen molar-refractivity contribution in [3.05, 3.63) is 58.2 Å². The summed E-state index contributed by atoms with van der Waals surface area (Å²) in [6.07, 6.45) is 8.65. The second kappa shape index (κ2) is 7.83. The van der Waals surface area contributed by atoms with Gasteiger partial charge in [0.1, 0.15) is 0 Å². The van der Waals surface area contributed by atoms with Gasteiger partial charge >= 0.3 is 0 Å². The minimum Gasteiger partial charge on any atom is -0.354 e. The van der Waals surface area contributed by atoms with Crippen molar-refractivity contribution in [3.8, 4) is 11.3 Å². The molecule has 0 atom stereocenters. The van der Waals surface area contributed by atoms with Crippen molar-refractivity contribution in [2.75, 3.05) is 6.54 Å². The summed E-state index contributed by atoms with van der Waals surface area (Å²) < 4.78 is 2.09. The highest BCUT2D eigenvalue weighted by Crippen LogP contribution is 2.30. The molecule has 0 aromatic carbocycles. The maximum absolute atomic E-state index is 12.1. The number of hydrogen-bond acceptors (Lipinski definition) is 4. The minimum absolute atomic E-state index is 0.0721. The Morgan fingerprint density at radius 1 is 1.19 bits per heavy atom. The lowest BCUT2D eigenvalue weighted by atomic mass is 9.94. The number of nitrogens with one attached hydrogen (secondary N) is 1. The number of amides is 1. The lowest BCUT2D eigenvalue weighted by Gasteiger charge is -2.14. The maximum atomic E-state index is 12.1. The van der Waals surface area contributed by atoms with Gasteiger partial charge in [0.05, 0.1) is 18.7 Å². The SMILES string of the molecule is O=C(Cc1cccs1)NCCn1nc(-c2ccncc2)c2c1CCCC2. The van der Waals surface area contributed by atoms with Crippen molar-refractivity contribution in [1.29, 1.82) is 0 Å². The molecule has 1 N–H and O–H groups in total. The van der Waals surface area contributed by atoms with Crippen LogP contribution in [0.2, 0.25) is 0 Å². The van der Waals surface area contributed by atoms with Crippen molar-refractivity contribution in [3.63, 3.8) is 0 Å². The zero-order chi connectivity index (χ0) is 17.8. The molecule has 0 unspecified atom stereocenters. The number of carbonyl (C=O) groups is 1. The fourth-order valence-corrected chi connectivity index (χ4v) is 4.24. The molecule has 0 fully saturated rings. The molecule has 0 saturated heterocycles. The highest BCUT2D eigenvalue weighted by Gasteiger charge is 2.21. The monoisotopic (exact) mass is 366 g/mol. The van der Waals surface area contributed by atoms with Crippen LogP contribution in [0.1, 0.15) is 29.0 Å². The van der Waals surface area contributed by atoms with E-state index in [4.69, 9.17) is 5.10 Å². The van der Waals surface area contributed by atoms with E-state index in [0.29, 0.717) is 19.5 Å². The smallest absolute Gasteiger partial charge is 0.225 e. The Labute approximate surface area is 157 Å². The first-order valence-corrected chi connectivity index (χ1v) is 9.97. The van der Waals surface area contributed by atoms with Crippen molar-refractivity contribution >= 4 is 17.2 Å². The molecule has 1 aliphatic rings. The first-order chi connectivity index (χ1) is 12.8. The lowest BCUT2D eigenvalue weighted by Crippen LogP contribution is -2.29. The Bertz CT molecular complexity index is 871. The van der Waals surface area contributed by atoms with E-state index in [1.807, 2.05) is 42.0 Å². The molecule has 5 nitrogen and oxygen atoms in total. The first-order valence-electron chi connectivity index (χ1n) is 9.09. The molecule has 0 radical (unpaired) electrons. The zero-order valence-corrected chi connectivity index (χ0v) is 15.5. The molecular weight excluding hydrogens is 344 g/mol. The largest absolute Gasteiger partial charge is 0.354 e. The van der Waals surface area contributed by atoms with Crippen LogP contribution >= 0.6 is 11.3 Å². The van der Waals surface area contributed by atoms with Gasteiger partial charge < -0.3 is 5.32 Å². The summed E-state index contributed by atoms with van der Waals surface area (Å²) in [5.41, 5.74) is 4.90. The molecule has 3 aromatic heterocycles. The molecule has 0 bridgehead atoms. The van der Waals surface area contributed by atoms with Crippen LogP contribution in [0.5, 0.6) is 0 Å². The van der Waals surface area contributed by atoms with Gasteiger partial charge in [-0.1, -0.05) is 6.07 Å². The Balaban J connectivity index is 1.45. The van der Waals surface area contributed by atoms with Crippen LogP contribution in [0.25, 0.3) is 11.3 Å². The average Bonchev–Trinajstić information content (AvgIpc) is 3.31. The number of thiophene rings is 1. The van der Waals surface area contributed by atoms with Crippen molar-refractivity contribution in [2.24, 2.45) is 0 Å². The summed E-state index contributed by atoms with van der Waals surface area (Å²) in [6.45, 7) is 1.32. The van der Waals surface area contributed by atoms with Gasteiger partial charge in [-0.3, -0.25) is 14.5 Å². The van der Waals surface area contributed by atoms with Gasteiger partial charge in [0.15, 0.2) is 0 Å². The number of nitrogens with zero attached hydrogens (tertiary/aromatic N) is 3. The highest BCUT2D eigenvalue weighted by molar-refractivity contribution is 7.10. The third kappa shape index (κ3) is 3.70. The van der Waals surface area contributed by atoms with E-state index in [1.54, 1.807) is 11.3 Å². The molecule has 0 spiro atoms. The fraction of sp³-hybridized carbons (Fsp3) is 0.350. The molecule has 26 heavy (non-hydrogen) atoms. The molecular formula is C20H22N4OS. The van der Waals surface area contributed by atoms with Crippen molar-refractivity contribution in [2.45, 2.75) is 38.6 Å². The first kappa shape index (κ1) is 17.0. The summed E-state index contributed by atoms with van der Waals surface area (Å²) >= 11 is 1.62. The van der Waals surface area contributed by atoms with Crippen LogP contribution in [0, 0.1) is 0 Å². The number of hydrogen-bond donors (Lipinski definition) is 1. The summed E-state index contributed by atoms with van der Waals surface area (Å²) in [4.78, 5) is 17.3. The van der Waals surface area contributed by atoms with Gasteiger partial charge in [-0.25, -0.2) is 0 Å². The molecule has 4 rings (SSSR count). The van der Waals surface area contributed by atoms with Gasteiger partial charge in [-0.2, -0.15) is 5.10 Å². The number of rotatable bonds is 6. The molecule has 3 heterocycles. The summed E-state index contributed by atoms with van der Waals surface area (Å²) in [7, 11) is 0. The standard InChI is InChI=1S/C20H22N4OS/c25-19(14-16-4-3-13-26-16)22-11-12-24-18-6-2-1-5-17(18)20(23-24)15-7-9-21-10-8-15/h3-4,7-10,13H,1-2,5-6,11-12,14H2,(H,22,25). The average molecular weight is 366 g/mol. The Hall–Kier alpha value is -2.47. The van der Waals surface area contributed by atoms with Gasteiger partial charge in [0.25, 0.3) is 0 Å². The maximum Gasteiger partial charge on any atom is 0.225 e. The van der Waals surface area contributed by atoms with Crippen LogP contribution in [0.3, 0.4) is 0 Å². The van der Waals surface area contributed by atoms with Crippen LogP contribution in [0.15, 0.2) is 42.0 Å². The topological polar surface area (TPSA) is 59.8 Å². The molecule has 134 valence electrons. The third-order valence-electron chi connectivity index (χ3n) is 4.77. The zero-order valence-electron chi connectivity index (χ0n) is 14.6. The summed E-state index contributed by atoms with van der Waals surface area (Å²) in [5, 5.41) is 9.90. The lowest BCUT2D eigenvalue weighted by molar-refractivity contribution is -0.120. The molecule has 0 saturated carbocycles. The quantitative estimate of drug-likeness (QED) is 0.728. The summed E-state index contributed by atoms with van der Waals surface area (Å²) in [6, 6.07) is 8.01. The van der Waals surface area contributed by atoms with Gasteiger partial charge in [-0.05, 0) is 49.3 Å². The van der Waals surface area contributed by atoms with E-state index < -0.39 is 0 Å². The third-order valence-corrected chi connectivity index (χ3v) is 5.65. The van der Waals surface area contributed by atoms with Crippen LogP contribution in [-0.4, -0.2) is 27.2 Å². The van der Waals surface area contributed by atoms with Crippen LogP contribution < -0.4 is 5.32 Å². The van der Waals surface area contributed by atoms with Gasteiger partial charge in [-0.15, -0.1) is 11.3 Å². The van der Waals surface area contributed by atoms with Crippen LogP contribution in [-0.2, 0) is 30.6 Å². The van der Waals surface area contributed by atoms with Crippen molar-refractivity contribution < 1.29 is 4.79 Å². The predicted octanol–water partition coefficient (Wildman–Crippen LogP) is 3.24. The molecule has 1 aliphatic carbocycles. The molecule has 3 aromatic rings. The van der Waals surface area contributed by atoms with E-state index in [-0.39, 0.29) is 5.91 Å². The summed E-state index contributed by atoms with van der Waals surface area (Å²) in [5.74, 6) is 0.0721. The Morgan fingerprint density at radius 3 is 2.85 bits per heavy atom. The predicted molar refractivity (Wildman–Crippen MR) is 103 cm³/mol. The highest BCUT2D eigenvalue weighted by atomic mass is 32.1. The molecule has 0 aliphatic heterocycles. The van der Waals surface area contributed by atoms with E-state index in [2.05, 4.69) is 15.0 Å². The second-order valence-corrected chi connectivity index (χ2v) is 7.58. The number of pyridine rings is 1. The van der Waals surface area contributed by atoms with E-state index >= 15 is 0 Å². The second-order valence-electron chi connectivity index (χ2n) is 6.55. The van der Waals surface area contributed by atoms with Gasteiger partial charge in [0, 0.05) is 40.6 Å². The van der Waals surface area contributed by atoms with E-state index in [1.165, 1.54) is 24.1 Å².